The number of hydrogen-bond acceptors (Lipinski definition) is 7. The second-order valence-corrected chi connectivity index (χ2v) is 11.1. The summed E-state index contributed by atoms with van der Waals surface area (Å²) in [6.07, 6.45) is 1.56. The van der Waals surface area contributed by atoms with Gasteiger partial charge in [-0.25, -0.2) is 8.42 Å². The summed E-state index contributed by atoms with van der Waals surface area (Å²) in [5, 5.41) is 0.726. The van der Waals surface area contributed by atoms with E-state index in [-0.39, 0.29) is 17.3 Å². The van der Waals surface area contributed by atoms with Crippen molar-refractivity contribution in [2.45, 2.75) is 18.0 Å². The molecule has 202 valence electrons. The molecule has 3 aromatic carbocycles. The summed E-state index contributed by atoms with van der Waals surface area (Å²) < 4.78 is 34.4. The highest BCUT2D eigenvalue weighted by molar-refractivity contribution is 7.93. The number of rotatable bonds is 8. The fraction of sp³-hybridized carbons (Fsp3) is 0.241. The lowest BCUT2D eigenvalue weighted by atomic mass is 10.1. The summed E-state index contributed by atoms with van der Waals surface area (Å²) in [5.74, 6) is 0.733. The Morgan fingerprint density at radius 1 is 1.00 bits per heavy atom. The van der Waals surface area contributed by atoms with E-state index in [0.717, 1.165) is 30.8 Å². The molecule has 5 rings (SSSR count). The summed E-state index contributed by atoms with van der Waals surface area (Å²) in [6, 6.07) is 21.5. The molecule has 1 aliphatic heterocycles. The second-order valence-electron chi connectivity index (χ2n) is 9.43. The average Bonchev–Trinajstić information content (AvgIpc) is 2.97. The van der Waals surface area contributed by atoms with Gasteiger partial charge in [0.15, 0.2) is 0 Å². The van der Waals surface area contributed by atoms with E-state index in [4.69, 9.17) is 10.5 Å². The molecule has 1 saturated heterocycles. The Morgan fingerprint density at radius 2 is 1.74 bits per heavy atom. The maximum Gasteiger partial charge on any atom is 0.264 e. The summed E-state index contributed by atoms with van der Waals surface area (Å²) in [6.45, 7) is 3.62. The van der Waals surface area contributed by atoms with Crippen molar-refractivity contribution >= 4 is 32.5 Å². The normalized spacial score (nSPS) is 14.4. The molecule has 1 aromatic heterocycles. The van der Waals surface area contributed by atoms with Crippen LogP contribution in [-0.4, -0.2) is 62.4 Å². The number of nitrogens with one attached hydrogen (secondary N) is 1. The van der Waals surface area contributed by atoms with Crippen LogP contribution in [0.2, 0.25) is 0 Å². The van der Waals surface area contributed by atoms with Gasteiger partial charge < -0.3 is 15.4 Å². The first-order valence-electron chi connectivity index (χ1n) is 12.7. The van der Waals surface area contributed by atoms with Gasteiger partial charge >= 0.3 is 0 Å². The van der Waals surface area contributed by atoms with E-state index in [0.29, 0.717) is 35.4 Å². The predicted octanol–water partition coefficient (Wildman–Crippen LogP) is 3.46. The van der Waals surface area contributed by atoms with E-state index >= 15 is 0 Å². The van der Waals surface area contributed by atoms with Crippen LogP contribution >= 0.6 is 0 Å². The van der Waals surface area contributed by atoms with Gasteiger partial charge in [-0.2, -0.15) is 0 Å². The minimum absolute atomic E-state index is 0.0718. The Hall–Kier alpha value is -3.99. The fourth-order valence-corrected chi connectivity index (χ4v) is 6.05. The summed E-state index contributed by atoms with van der Waals surface area (Å²) in [5.41, 5.74) is 8.91. The number of para-hydroxylation sites is 1. The van der Waals surface area contributed by atoms with Gasteiger partial charge in [0.05, 0.1) is 18.3 Å². The number of hydrogen-bond donors (Lipinski definition) is 2. The molecule has 0 unspecified atom stereocenters. The third-order valence-electron chi connectivity index (χ3n) is 6.93. The van der Waals surface area contributed by atoms with Gasteiger partial charge in [-0.3, -0.25) is 19.4 Å². The topological polar surface area (TPSA) is 118 Å². The molecular weight excluding hydrogens is 514 g/mol. The molecule has 9 nitrogen and oxygen atoms in total. The van der Waals surface area contributed by atoms with Gasteiger partial charge in [-0.15, -0.1) is 0 Å². The van der Waals surface area contributed by atoms with Crippen LogP contribution in [0.3, 0.4) is 0 Å². The quantitative estimate of drug-likeness (QED) is 0.348. The maximum absolute atomic E-state index is 13.3. The molecule has 1 amide bonds. The first-order valence-corrected chi connectivity index (χ1v) is 14.2. The first-order chi connectivity index (χ1) is 18.9. The molecule has 4 aromatic rings. The molecular formula is C29H31N5O4S. The van der Waals surface area contributed by atoms with Crippen molar-refractivity contribution in [3.8, 4) is 5.75 Å². The number of pyridine rings is 1. The smallest absolute Gasteiger partial charge is 0.264 e. The van der Waals surface area contributed by atoms with E-state index in [9.17, 15) is 13.2 Å². The van der Waals surface area contributed by atoms with Crippen molar-refractivity contribution in [3.05, 3.63) is 95.7 Å². The molecule has 0 saturated carbocycles. The van der Waals surface area contributed by atoms with Crippen molar-refractivity contribution in [2.24, 2.45) is 5.73 Å². The highest BCUT2D eigenvalue weighted by Gasteiger charge is 2.24. The average molecular weight is 546 g/mol. The van der Waals surface area contributed by atoms with Crippen LogP contribution in [0.15, 0.2) is 83.9 Å². The number of aromatic nitrogens is 1. The number of methoxy groups -OCH3 is 1. The van der Waals surface area contributed by atoms with Crippen LogP contribution in [0.1, 0.15) is 21.5 Å². The zero-order chi connectivity index (χ0) is 27.4. The Kier molecular flexibility index (Phi) is 7.78. The lowest BCUT2D eigenvalue weighted by Crippen LogP contribution is -2.48. The highest BCUT2D eigenvalue weighted by atomic mass is 32.2. The van der Waals surface area contributed by atoms with E-state index in [2.05, 4.69) is 26.7 Å². The number of sulfonamides is 1. The van der Waals surface area contributed by atoms with Crippen LogP contribution in [0.4, 0.5) is 5.69 Å². The number of carbonyl (C=O) groups excluding carboxylic acids is 1. The van der Waals surface area contributed by atoms with Gasteiger partial charge in [-0.1, -0.05) is 30.3 Å². The fourth-order valence-electron chi connectivity index (χ4n) is 4.77. The van der Waals surface area contributed by atoms with Gasteiger partial charge in [0.1, 0.15) is 10.6 Å². The van der Waals surface area contributed by atoms with Crippen molar-refractivity contribution in [1.82, 2.24) is 14.8 Å². The van der Waals surface area contributed by atoms with Gasteiger partial charge in [0.2, 0.25) is 0 Å². The highest BCUT2D eigenvalue weighted by Crippen LogP contribution is 2.26. The largest absolute Gasteiger partial charge is 0.497 e. The van der Waals surface area contributed by atoms with Crippen molar-refractivity contribution in [3.63, 3.8) is 0 Å². The Labute approximate surface area is 228 Å². The zero-order valence-corrected chi connectivity index (χ0v) is 22.5. The number of nitrogens with two attached hydrogens (primary N) is 1. The van der Waals surface area contributed by atoms with E-state index in [1.807, 2.05) is 29.2 Å². The van der Waals surface area contributed by atoms with Crippen LogP contribution in [0.5, 0.6) is 5.75 Å². The molecule has 0 radical (unpaired) electrons. The molecule has 0 aliphatic carbocycles. The lowest BCUT2D eigenvalue weighted by Gasteiger charge is -2.35. The SMILES string of the molecule is COc1ccc(CN2CCN(C(=O)c3ccc(NS(=O)(=O)c4cccc5cccnc45)c(CN)c3)CC2)cc1. The lowest BCUT2D eigenvalue weighted by molar-refractivity contribution is 0.0628. The Morgan fingerprint density at radius 3 is 2.46 bits per heavy atom. The minimum atomic E-state index is -3.94. The van der Waals surface area contributed by atoms with Gasteiger partial charge in [-0.05, 0) is 53.6 Å². The molecule has 0 atom stereocenters. The zero-order valence-electron chi connectivity index (χ0n) is 21.7. The number of fused-ring (bicyclic) bond motifs is 1. The molecule has 2 heterocycles. The minimum Gasteiger partial charge on any atom is -0.497 e. The van der Waals surface area contributed by atoms with Crippen molar-refractivity contribution < 1.29 is 17.9 Å². The number of nitrogens with zero attached hydrogens (tertiary/aromatic N) is 3. The van der Waals surface area contributed by atoms with E-state index in [1.165, 1.54) is 11.6 Å². The molecule has 10 heteroatoms. The molecule has 3 N–H and O–H groups in total. The third-order valence-corrected chi connectivity index (χ3v) is 8.32. The van der Waals surface area contributed by atoms with Gasteiger partial charge in [0.25, 0.3) is 15.9 Å². The third kappa shape index (κ3) is 5.88. The predicted molar refractivity (Wildman–Crippen MR) is 151 cm³/mol. The van der Waals surface area contributed by atoms with Crippen LogP contribution in [-0.2, 0) is 23.1 Å². The summed E-state index contributed by atoms with van der Waals surface area (Å²) >= 11 is 0. The number of carbonyl (C=O) groups is 1. The van der Waals surface area contributed by atoms with E-state index < -0.39 is 10.0 Å². The summed E-state index contributed by atoms with van der Waals surface area (Å²) in [7, 11) is -2.29. The van der Waals surface area contributed by atoms with Crippen LogP contribution < -0.4 is 15.2 Å². The maximum atomic E-state index is 13.3. The molecule has 1 aliphatic rings. The number of amides is 1. The van der Waals surface area contributed by atoms with Crippen molar-refractivity contribution in [2.75, 3.05) is 38.0 Å². The number of anilines is 1. The van der Waals surface area contributed by atoms with Gasteiger partial charge in [0, 0.05) is 56.4 Å². The molecule has 0 spiro atoms. The van der Waals surface area contributed by atoms with Crippen LogP contribution in [0.25, 0.3) is 10.9 Å². The first kappa shape index (κ1) is 26.6. The number of piperazine rings is 1. The molecule has 39 heavy (non-hydrogen) atoms. The Bertz CT molecular complexity index is 1580. The molecule has 1 fully saturated rings. The Balaban J connectivity index is 1.26. The van der Waals surface area contributed by atoms with E-state index in [1.54, 1.807) is 43.6 Å². The van der Waals surface area contributed by atoms with Crippen molar-refractivity contribution in [1.29, 1.82) is 0 Å². The number of ether oxygens (including phenoxy) is 1. The van der Waals surface area contributed by atoms with Crippen LogP contribution in [0, 0.1) is 0 Å². The second kappa shape index (κ2) is 11.4. The monoisotopic (exact) mass is 545 g/mol. The standard InChI is InChI=1S/C29H31N5O4S/c1-38-25-10-7-21(8-11-25)20-33-14-16-34(17-15-33)29(35)23-9-12-26(24(18-23)19-30)32-39(36,37)27-6-2-4-22-5-3-13-31-28(22)27/h2-13,18,32H,14-17,19-20,30H2,1H3. The summed E-state index contributed by atoms with van der Waals surface area (Å²) in [4.78, 5) is 21.7. The molecule has 0 bridgehead atoms. The number of benzene rings is 3.